The highest BCUT2D eigenvalue weighted by Gasteiger charge is 2.39. The minimum Gasteiger partial charge on any atom is -0.335 e. The lowest BCUT2D eigenvalue weighted by atomic mass is 9.94. The van der Waals surface area contributed by atoms with Gasteiger partial charge in [0, 0.05) is 44.1 Å². The fourth-order valence-electron chi connectivity index (χ4n) is 4.23. The van der Waals surface area contributed by atoms with Crippen LogP contribution < -0.4 is 0 Å². The number of hydrogen-bond acceptors (Lipinski definition) is 4. The fourth-order valence-corrected chi connectivity index (χ4v) is 4.23. The molecular weight excluding hydrogens is 342 g/mol. The van der Waals surface area contributed by atoms with E-state index in [9.17, 15) is 9.59 Å². The molecule has 0 aromatic carbocycles. The van der Waals surface area contributed by atoms with Crippen molar-refractivity contribution in [2.24, 2.45) is 5.92 Å². The average Bonchev–Trinajstić information content (AvgIpc) is 2.86. The molecule has 3 aliphatic heterocycles. The molecule has 2 bridgehead atoms. The highest BCUT2D eigenvalue weighted by molar-refractivity contribution is 5.94. The highest BCUT2D eigenvalue weighted by atomic mass is 16.2. The molecule has 0 aliphatic carbocycles. The first-order valence-electron chi connectivity index (χ1n) is 9.62. The van der Waals surface area contributed by atoms with Gasteiger partial charge in [0.05, 0.1) is 0 Å². The summed E-state index contributed by atoms with van der Waals surface area (Å²) < 4.78 is 1.85. The molecule has 2 aromatic rings. The molecule has 2 amide bonds. The molecule has 3 saturated heterocycles. The Morgan fingerprint density at radius 1 is 1.11 bits per heavy atom. The number of carbonyl (C=O) groups is 2. The number of piperidine rings is 1. The Labute approximate surface area is 159 Å². The van der Waals surface area contributed by atoms with Crippen LogP contribution in [0.3, 0.4) is 0 Å². The van der Waals surface area contributed by atoms with Crippen LogP contribution in [-0.2, 0) is 6.54 Å². The van der Waals surface area contributed by atoms with Gasteiger partial charge in [-0.25, -0.2) is 0 Å². The first kappa shape index (κ1) is 17.7. The summed E-state index contributed by atoms with van der Waals surface area (Å²) in [4.78, 5) is 33.9. The number of carbonyl (C=O) groups excluding carboxylic acids is 2. The Morgan fingerprint density at radius 3 is 2.67 bits per heavy atom. The summed E-state index contributed by atoms with van der Waals surface area (Å²) in [5.74, 6) is 0.231. The van der Waals surface area contributed by atoms with E-state index in [0.29, 0.717) is 36.9 Å². The van der Waals surface area contributed by atoms with Crippen molar-refractivity contribution in [3.63, 3.8) is 0 Å². The molecule has 3 fully saturated rings. The Kier molecular flexibility index (Phi) is 4.68. The zero-order valence-electron chi connectivity index (χ0n) is 15.8. The van der Waals surface area contributed by atoms with E-state index in [1.54, 1.807) is 18.3 Å². The monoisotopic (exact) mass is 367 g/mol. The second-order valence-electron chi connectivity index (χ2n) is 7.47. The van der Waals surface area contributed by atoms with Gasteiger partial charge in [-0.1, -0.05) is 6.07 Å². The lowest BCUT2D eigenvalue weighted by Gasteiger charge is -2.35. The Balaban J connectivity index is 1.54. The summed E-state index contributed by atoms with van der Waals surface area (Å²) in [7, 11) is 0. The molecule has 0 radical (unpaired) electrons. The van der Waals surface area contributed by atoms with Crippen LogP contribution in [0.15, 0.2) is 30.5 Å². The van der Waals surface area contributed by atoms with Crippen molar-refractivity contribution in [1.29, 1.82) is 0 Å². The van der Waals surface area contributed by atoms with Gasteiger partial charge in [0.1, 0.15) is 5.69 Å². The van der Waals surface area contributed by atoms with Crippen LogP contribution in [0.4, 0.5) is 0 Å². The van der Waals surface area contributed by atoms with E-state index in [1.165, 1.54) is 0 Å². The normalized spacial score (nSPS) is 22.0. The minimum atomic E-state index is -0.0482. The summed E-state index contributed by atoms with van der Waals surface area (Å²) in [5.41, 5.74) is 1.96. The predicted molar refractivity (Wildman–Crippen MR) is 100 cm³/mol. The van der Waals surface area contributed by atoms with Crippen molar-refractivity contribution in [2.45, 2.75) is 39.3 Å². The zero-order chi connectivity index (χ0) is 19.0. The number of aryl methyl sites for hydroxylation is 2. The molecule has 5 rings (SSSR count). The molecule has 0 N–H and O–H groups in total. The maximum Gasteiger partial charge on any atom is 0.274 e. The van der Waals surface area contributed by atoms with Crippen LogP contribution in [0, 0.1) is 12.8 Å². The second kappa shape index (κ2) is 7.13. The average molecular weight is 367 g/mol. The van der Waals surface area contributed by atoms with Gasteiger partial charge in [-0.2, -0.15) is 5.10 Å². The first-order chi connectivity index (χ1) is 13.1. The summed E-state index contributed by atoms with van der Waals surface area (Å²) in [6.45, 7) is 6.66. The van der Waals surface area contributed by atoms with Crippen molar-refractivity contribution >= 4 is 11.8 Å². The van der Waals surface area contributed by atoms with Crippen molar-refractivity contribution in [1.82, 2.24) is 24.6 Å². The number of nitrogens with zero attached hydrogens (tertiary/aromatic N) is 5. The number of rotatable bonds is 3. The summed E-state index contributed by atoms with van der Waals surface area (Å²) in [5, 5.41) is 4.45. The number of aromatic nitrogens is 3. The highest BCUT2D eigenvalue weighted by Crippen LogP contribution is 2.29. The number of fused-ring (bicyclic) bond motifs is 4. The maximum atomic E-state index is 13.1. The van der Waals surface area contributed by atoms with Gasteiger partial charge in [-0.15, -0.1) is 0 Å². The van der Waals surface area contributed by atoms with E-state index >= 15 is 0 Å². The predicted octanol–water partition coefficient (Wildman–Crippen LogP) is 1.98. The van der Waals surface area contributed by atoms with Gasteiger partial charge in [0.15, 0.2) is 5.69 Å². The van der Waals surface area contributed by atoms with Gasteiger partial charge in [0.25, 0.3) is 11.8 Å². The molecule has 0 saturated carbocycles. The molecule has 2 unspecified atom stereocenters. The number of amides is 2. The number of pyridine rings is 1. The van der Waals surface area contributed by atoms with E-state index < -0.39 is 0 Å². The van der Waals surface area contributed by atoms with Gasteiger partial charge in [-0.05, 0) is 50.8 Å². The summed E-state index contributed by atoms with van der Waals surface area (Å²) >= 11 is 0. The third kappa shape index (κ3) is 3.34. The van der Waals surface area contributed by atoms with E-state index in [-0.39, 0.29) is 17.9 Å². The molecule has 27 heavy (non-hydrogen) atoms. The standard InChI is InChI=1S/C20H25N5O2/c1-3-25-14(2)10-18(22-25)20(27)24-12-15-7-8-16(24)13-23(11-15)19(26)17-6-4-5-9-21-17/h4-6,9-10,15-16H,3,7-8,11-13H2,1-2H3. The van der Waals surface area contributed by atoms with Crippen LogP contribution in [0.2, 0.25) is 0 Å². The maximum absolute atomic E-state index is 13.1. The molecule has 2 atom stereocenters. The molecular formula is C20H25N5O2. The number of hydrogen-bond donors (Lipinski definition) is 0. The third-order valence-corrected chi connectivity index (χ3v) is 5.65. The van der Waals surface area contributed by atoms with E-state index in [0.717, 1.165) is 25.1 Å². The lowest BCUT2D eigenvalue weighted by molar-refractivity contribution is 0.0567. The van der Waals surface area contributed by atoms with Crippen LogP contribution in [0.5, 0.6) is 0 Å². The van der Waals surface area contributed by atoms with Crippen LogP contribution in [0.1, 0.15) is 46.4 Å². The molecule has 5 heterocycles. The quantitative estimate of drug-likeness (QED) is 0.832. The van der Waals surface area contributed by atoms with E-state index in [1.807, 2.05) is 40.5 Å². The smallest absolute Gasteiger partial charge is 0.274 e. The van der Waals surface area contributed by atoms with Crippen molar-refractivity contribution in [3.05, 3.63) is 47.5 Å². The Bertz CT molecular complexity index is 847. The molecule has 7 nitrogen and oxygen atoms in total. The zero-order valence-corrected chi connectivity index (χ0v) is 15.8. The van der Waals surface area contributed by atoms with E-state index in [4.69, 9.17) is 0 Å². The van der Waals surface area contributed by atoms with Crippen molar-refractivity contribution in [3.8, 4) is 0 Å². The Hall–Kier alpha value is -2.70. The van der Waals surface area contributed by atoms with Crippen LogP contribution >= 0.6 is 0 Å². The lowest BCUT2D eigenvalue weighted by Crippen LogP contribution is -2.47. The summed E-state index contributed by atoms with van der Waals surface area (Å²) in [6.07, 6.45) is 3.61. The SMILES string of the molecule is CCn1nc(C(=O)N2CC3CCC2CN(C(=O)c2ccccn2)C3)cc1C. The third-order valence-electron chi connectivity index (χ3n) is 5.65. The second-order valence-corrected chi connectivity index (χ2v) is 7.47. The van der Waals surface area contributed by atoms with Crippen LogP contribution in [-0.4, -0.2) is 62.1 Å². The minimum absolute atomic E-state index is 0.0212. The first-order valence-corrected chi connectivity index (χ1v) is 9.62. The fraction of sp³-hybridized carbons (Fsp3) is 0.500. The summed E-state index contributed by atoms with van der Waals surface area (Å²) in [6, 6.07) is 7.28. The largest absolute Gasteiger partial charge is 0.335 e. The van der Waals surface area contributed by atoms with Crippen molar-refractivity contribution < 1.29 is 9.59 Å². The van der Waals surface area contributed by atoms with Gasteiger partial charge >= 0.3 is 0 Å². The van der Waals surface area contributed by atoms with Gasteiger partial charge < -0.3 is 9.80 Å². The van der Waals surface area contributed by atoms with Gasteiger partial charge in [0.2, 0.25) is 0 Å². The molecule has 3 aliphatic rings. The van der Waals surface area contributed by atoms with Crippen molar-refractivity contribution in [2.75, 3.05) is 19.6 Å². The van der Waals surface area contributed by atoms with Crippen LogP contribution in [0.25, 0.3) is 0 Å². The molecule has 142 valence electrons. The van der Waals surface area contributed by atoms with Gasteiger partial charge in [-0.3, -0.25) is 19.3 Å². The molecule has 7 heteroatoms. The topological polar surface area (TPSA) is 71.3 Å². The molecule has 2 aromatic heterocycles. The Morgan fingerprint density at radius 2 is 1.96 bits per heavy atom. The molecule has 0 spiro atoms. The van der Waals surface area contributed by atoms with E-state index in [2.05, 4.69) is 10.1 Å².